The summed E-state index contributed by atoms with van der Waals surface area (Å²) in [5.41, 5.74) is 0.810. The van der Waals surface area contributed by atoms with E-state index in [1.54, 1.807) is 38.5 Å². The van der Waals surface area contributed by atoms with Crippen LogP contribution in [0.1, 0.15) is 25.0 Å². The van der Waals surface area contributed by atoms with Gasteiger partial charge in [0, 0.05) is 28.9 Å². The number of halogens is 1. The smallest absolute Gasteiger partial charge is 0.250 e. The van der Waals surface area contributed by atoms with Crippen LogP contribution in [-0.4, -0.2) is 49.4 Å². The van der Waals surface area contributed by atoms with Gasteiger partial charge in [0.15, 0.2) is 11.5 Å². The van der Waals surface area contributed by atoms with Gasteiger partial charge in [-0.15, -0.1) is 0 Å². The van der Waals surface area contributed by atoms with Gasteiger partial charge in [0.25, 0.3) is 0 Å². The lowest BCUT2D eigenvalue weighted by Crippen LogP contribution is -2.54. The molecule has 0 saturated carbocycles. The molecule has 2 aromatic rings. The molecule has 35 heavy (non-hydrogen) atoms. The predicted molar refractivity (Wildman–Crippen MR) is 130 cm³/mol. The Labute approximate surface area is 208 Å². The van der Waals surface area contributed by atoms with Crippen LogP contribution in [0.5, 0.6) is 11.5 Å². The molecule has 0 aliphatic carbocycles. The second kappa shape index (κ2) is 8.53. The zero-order valence-corrected chi connectivity index (χ0v) is 20.8. The molecule has 5 rings (SSSR count). The number of methoxy groups -OCH3 is 2. The van der Waals surface area contributed by atoms with Gasteiger partial charge in [-0.25, -0.2) is 0 Å². The van der Waals surface area contributed by atoms with Crippen LogP contribution >= 0.6 is 11.6 Å². The number of hydrogen-bond acceptors (Lipinski definition) is 6. The molecule has 3 aliphatic rings. The fraction of sp³-hybridized carbons (Fsp3) is 0.423. The Morgan fingerprint density at radius 1 is 1.03 bits per heavy atom. The maximum absolute atomic E-state index is 13.8. The van der Waals surface area contributed by atoms with E-state index >= 15 is 0 Å². The van der Waals surface area contributed by atoms with E-state index in [2.05, 4.69) is 10.6 Å². The average Bonchev–Trinajstić information content (AvgIpc) is 3.43. The van der Waals surface area contributed by atoms with Crippen LogP contribution in [-0.2, 0) is 26.3 Å². The highest BCUT2D eigenvalue weighted by molar-refractivity contribution is 6.31. The lowest BCUT2D eigenvalue weighted by molar-refractivity contribution is -0.142. The summed E-state index contributed by atoms with van der Waals surface area (Å²) < 4.78 is 10.7. The standard InChI is InChI=1S/C26H28ClN3O5/c1-13(2)22-20-21(26(29-22)16-12-15(27)6-7-17(16)28-25(26)33)24(32)30(23(20)31)10-9-14-5-8-18(34-3)19(11-14)35-4/h5-8,11-13,20-22,29H,9-10H2,1-4H3,(H,28,33)/t20-,21-,22-,26-/m0/s1. The van der Waals surface area contributed by atoms with Crippen molar-refractivity contribution < 1.29 is 23.9 Å². The Kier molecular flexibility index (Phi) is 5.76. The summed E-state index contributed by atoms with van der Waals surface area (Å²) in [6.07, 6.45) is 0.457. The van der Waals surface area contributed by atoms with E-state index in [1.165, 1.54) is 4.90 Å². The Morgan fingerprint density at radius 2 is 1.77 bits per heavy atom. The summed E-state index contributed by atoms with van der Waals surface area (Å²) in [7, 11) is 3.13. The number of ether oxygens (including phenoxy) is 2. The number of benzene rings is 2. The molecule has 9 heteroatoms. The largest absolute Gasteiger partial charge is 0.493 e. The molecule has 0 aromatic heterocycles. The van der Waals surface area contributed by atoms with Crippen molar-refractivity contribution >= 4 is 35.0 Å². The molecule has 3 amide bonds. The lowest BCUT2D eigenvalue weighted by Gasteiger charge is -2.30. The molecule has 2 aromatic carbocycles. The van der Waals surface area contributed by atoms with E-state index in [0.717, 1.165) is 5.56 Å². The first kappa shape index (κ1) is 23.6. The molecule has 8 nitrogen and oxygen atoms in total. The van der Waals surface area contributed by atoms with Crippen LogP contribution in [0, 0.1) is 17.8 Å². The van der Waals surface area contributed by atoms with Crippen molar-refractivity contribution in [2.24, 2.45) is 17.8 Å². The highest BCUT2D eigenvalue weighted by atomic mass is 35.5. The molecule has 3 heterocycles. The molecule has 2 N–H and O–H groups in total. The Balaban J connectivity index is 1.49. The van der Waals surface area contributed by atoms with E-state index in [1.807, 2.05) is 26.0 Å². The molecule has 3 aliphatic heterocycles. The predicted octanol–water partition coefficient (Wildman–Crippen LogP) is 2.98. The van der Waals surface area contributed by atoms with Crippen molar-refractivity contribution in [1.29, 1.82) is 0 Å². The fourth-order valence-corrected chi connectivity index (χ4v) is 6.01. The molecular formula is C26H28ClN3O5. The topological polar surface area (TPSA) is 97.0 Å². The van der Waals surface area contributed by atoms with E-state index < -0.39 is 17.4 Å². The third-order valence-corrected chi connectivity index (χ3v) is 7.73. The Bertz CT molecular complexity index is 1230. The van der Waals surface area contributed by atoms with Crippen LogP contribution < -0.4 is 20.1 Å². The number of fused-ring (bicyclic) bond motifs is 4. The summed E-state index contributed by atoms with van der Waals surface area (Å²) in [4.78, 5) is 42.2. The zero-order valence-electron chi connectivity index (χ0n) is 20.1. The third kappa shape index (κ3) is 3.42. The lowest BCUT2D eigenvalue weighted by atomic mass is 9.76. The van der Waals surface area contributed by atoms with Gasteiger partial charge in [-0.3, -0.25) is 24.6 Å². The monoisotopic (exact) mass is 497 g/mol. The van der Waals surface area contributed by atoms with Crippen molar-refractivity contribution in [2.45, 2.75) is 31.8 Å². The van der Waals surface area contributed by atoms with Crippen molar-refractivity contribution in [3.05, 3.63) is 52.5 Å². The highest BCUT2D eigenvalue weighted by Crippen LogP contribution is 2.54. The summed E-state index contributed by atoms with van der Waals surface area (Å²) >= 11 is 6.28. The van der Waals surface area contributed by atoms with Crippen LogP contribution in [0.4, 0.5) is 5.69 Å². The fourth-order valence-electron chi connectivity index (χ4n) is 5.84. The van der Waals surface area contributed by atoms with Crippen molar-refractivity contribution in [3.8, 4) is 11.5 Å². The molecule has 0 unspecified atom stereocenters. The maximum Gasteiger partial charge on any atom is 0.250 e. The van der Waals surface area contributed by atoms with E-state index in [0.29, 0.717) is 34.2 Å². The highest BCUT2D eigenvalue weighted by Gasteiger charge is 2.70. The van der Waals surface area contributed by atoms with Crippen LogP contribution in [0.2, 0.25) is 5.02 Å². The molecule has 2 fully saturated rings. The molecule has 4 atom stereocenters. The minimum atomic E-state index is -1.33. The molecule has 2 saturated heterocycles. The third-order valence-electron chi connectivity index (χ3n) is 7.49. The summed E-state index contributed by atoms with van der Waals surface area (Å²) in [6.45, 7) is 4.19. The summed E-state index contributed by atoms with van der Waals surface area (Å²) in [5, 5.41) is 6.77. The maximum atomic E-state index is 13.8. The summed E-state index contributed by atoms with van der Waals surface area (Å²) in [5.74, 6) is -1.16. The first-order chi connectivity index (χ1) is 16.7. The van der Waals surface area contributed by atoms with Gasteiger partial charge in [0.05, 0.1) is 26.1 Å². The molecule has 184 valence electrons. The quantitative estimate of drug-likeness (QED) is 0.596. The van der Waals surface area contributed by atoms with Crippen LogP contribution in [0.15, 0.2) is 36.4 Å². The van der Waals surface area contributed by atoms with Gasteiger partial charge in [-0.05, 0) is 48.2 Å². The number of nitrogens with zero attached hydrogens (tertiary/aromatic N) is 1. The normalized spacial score (nSPS) is 27.0. The number of imide groups is 1. The number of hydrogen-bond donors (Lipinski definition) is 2. The minimum Gasteiger partial charge on any atom is -0.493 e. The van der Waals surface area contributed by atoms with Crippen molar-refractivity contribution in [1.82, 2.24) is 10.2 Å². The van der Waals surface area contributed by atoms with Crippen molar-refractivity contribution in [3.63, 3.8) is 0 Å². The first-order valence-electron chi connectivity index (χ1n) is 11.7. The van der Waals surface area contributed by atoms with E-state index in [4.69, 9.17) is 21.1 Å². The molecule has 1 spiro atoms. The van der Waals surface area contributed by atoms with E-state index in [9.17, 15) is 14.4 Å². The van der Waals surface area contributed by atoms with Gasteiger partial charge in [-0.1, -0.05) is 31.5 Å². The molecular weight excluding hydrogens is 470 g/mol. The number of carbonyl (C=O) groups excluding carboxylic acids is 3. The SMILES string of the molecule is COc1ccc(CCN2C(=O)[C@H]3[C@@H](C2=O)[C@]2(N[C@H]3C(C)C)C(=O)Nc3ccc(Cl)cc32)cc1OC. The number of likely N-dealkylation sites (tertiary alicyclic amines) is 1. The van der Waals surface area contributed by atoms with Gasteiger partial charge >= 0.3 is 0 Å². The molecule has 0 radical (unpaired) electrons. The van der Waals surface area contributed by atoms with Crippen LogP contribution in [0.25, 0.3) is 0 Å². The second-order valence-electron chi connectivity index (χ2n) is 9.64. The number of nitrogens with one attached hydrogen (secondary N) is 2. The van der Waals surface area contributed by atoms with Crippen LogP contribution in [0.3, 0.4) is 0 Å². The Morgan fingerprint density at radius 3 is 2.46 bits per heavy atom. The van der Waals surface area contributed by atoms with E-state index in [-0.39, 0.29) is 36.2 Å². The molecule has 0 bridgehead atoms. The second-order valence-corrected chi connectivity index (χ2v) is 10.1. The number of anilines is 1. The Hall–Kier alpha value is -3.10. The minimum absolute atomic E-state index is 0.0282. The first-order valence-corrected chi connectivity index (χ1v) is 12.1. The average molecular weight is 498 g/mol. The van der Waals surface area contributed by atoms with Gasteiger partial charge in [0.2, 0.25) is 17.7 Å². The van der Waals surface area contributed by atoms with Gasteiger partial charge in [-0.2, -0.15) is 0 Å². The number of rotatable bonds is 6. The van der Waals surface area contributed by atoms with Gasteiger partial charge in [0.1, 0.15) is 5.54 Å². The number of amides is 3. The van der Waals surface area contributed by atoms with Gasteiger partial charge < -0.3 is 14.8 Å². The number of carbonyl (C=O) groups is 3. The summed E-state index contributed by atoms with van der Waals surface area (Å²) in [6, 6.07) is 10.3. The van der Waals surface area contributed by atoms with Crippen molar-refractivity contribution in [2.75, 3.05) is 26.1 Å². The zero-order chi connectivity index (χ0) is 25.1.